The largest absolute Gasteiger partial charge is 0.496 e. The summed E-state index contributed by atoms with van der Waals surface area (Å²) >= 11 is 0. The lowest BCUT2D eigenvalue weighted by atomic mass is 9.84. The molecular weight excluding hydrogens is 200 g/mol. The predicted molar refractivity (Wildman–Crippen MR) is 65.1 cm³/mol. The van der Waals surface area contributed by atoms with E-state index in [9.17, 15) is 0 Å². The summed E-state index contributed by atoms with van der Waals surface area (Å²) < 4.78 is 10.8. The van der Waals surface area contributed by atoms with E-state index < -0.39 is 0 Å². The summed E-state index contributed by atoms with van der Waals surface area (Å²) in [4.78, 5) is 0. The minimum absolute atomic E-state index is 0.0999. The molecule has 16 heavy (non-hydrogen) atoms. The van der Waals surface area contributed by atoms with Crippen molar-refractivity contribution in [2.75, 3.05) is 13.7 Å². The van der Waals surface area contributed by atoms with Crippen LogP contribution in [-0.2, 0) is 10.2 Å². The molecule has 2 heteroatoms. The summed E-state index contributed by atoms with van der Waals surface area (Å²) in [5.74, 6) is 0.981. The number of hydrogen-bond donors (Lipinski definition) is 0. The van der Waals surface area contributed by atoms with Gasteiger partial charge in [0.1, 0.15) is 11.9 Å². The fourth-order valence-electron chi connectivity index (χ4n) is 2.03. The second-order valence-corrected chi connectivity index (χ2v) is 5.48. The second kappa shape index (κ2) is 3.77. The van der Waals surface area contributed by atoms with E-state index in [4.69, 9.17) is 9.47 Å². The zero-order chi connectivity index (χ0) is 11.9. The number of hydrogen-bond acceptors (Lipinski definition) is 2. The minimum atomic E-state index is 0.0999. The molecule has 88 valence electrons. The van der Waals surface area contributed by atoms with Gasteiger partial charge in [0.05, 0.1) is 13.7 Å². The van der Waals surface area contributed by atoms with Crippen LogP contribution in [0.15, 0.2) is 12.1 Å². The van der Waals surface area contributed by atoms with Gasteiger partial charge in [0.25, 0.3) is 0 Å². The van der Waals surface area contributed by atoms with E-state index in [1.54, 1.807) is 7.11 Å². The highest BCUT2D eigenvalue weighted by Gasteiger charge is 2.29. The molecule has 1 aliphatic rings. The lowest BCUT2D eigenvalue weighted by Gasteiger charge is -2.23. The maximum atomic E-state index is 5.47. The van der Waals surface area contributed by atoms with Crippen molar-refractivity contribution in [1.82, 2.24) is 0 Å². The summed E-state index contributed by atoms with van der Waals surface area (Å²) in [5, 5.41) is 0. The Balaban J connectivity index is 2.52. The van der Waals surface area contributed by atoms with E-state index >= 15 is 0 Å². The van der Waals surface area contributed by atoms with Gasteiger partial charge in [-0.05, 0) is 41.2 Å². The van der Waals surface area contributed by atoms with Crippen molar-refractivity contribution in [2.24, 2.45) is 0 Å². The van der Waals surface area contributed by atoms with Crippen LogP contribution in [0.5, 0.6) is 5.75 Å². The third kappa shape index (κ3) is 2.07. The summed E-state index contributed by atoms with van der Waals surface area (Å²) in [6.45, 7) is 9.59. The Bertz CT molecular complexity index is 398. The Morgan fingerprint density at radius 2 is 1.94 bits per heavy atom. The van der Waals surface area contributed by atoms with E-state index in [1.165, 1.54) is 16.7 Å². The molecule has 1 fully saturated rings. The van der Waals surface area contributed by atoms with Gasteiger partial charge in [0, 0.05) is 0 Å². The van der Waals surface area contributed by atoms with Gasteiger partial charge in [-0.3, -0.25) is 0 Å². The van der Waals surface area contributed by atoms with Gasteiger partial charge in [0.2, 0.25) is 0 Å². The summed E-state index contributed by atoms with van der Waals surface area (Å²) in [7, 11) is 1.73. The molecule has 2 nitrogen and oxygen atoms in total. The van der Waals surface area contributed by atoms with Gasteiger partial charge in [-0.15, -0.1) is 0 Å². The molecule has 0 N–H and O–H groups in total. The zero-order valence-electron chi connectivity index (χ0n) is 10.8. The first-order chi connectivity index (χ1) is 7.43. The first kappa shape index (κ1) is 11.5. The van der Waals surface area contributed by atoms with Crippen LogP contribution in [0, 0.1) is 6.92 Å². The summed E-state index contributed by atoms with van der Waals surface area (Å²) in [6.07, 6.45) is 0.312. The van der Waals surface area contributed by atoms with Crippen molar-refractivity contribution >= 4 is 0 Å². The van der Waals surface area contributed by atoms with Gasteiger partial charge in [0.15, 0.2) is 0 Å². The Morgan fingerprint density at radius 1 is 1.31 bits per heavy atom. The van der Waals surface area contributed by atoms with Crippen molar-refractivity contribution in [3.8, 4) is 5.75 Å². The van der Waals surface area contributed by atoms with Crippen LogP contribution in [0.4, 0.5) is 0 Å². The summed E-state index contributed by atoms with van der Waals surface area (Å²) in [5.41, 5.74) is 3.92. The highest BCUT2D eigenvalue weighted by atomic mass is 16.6. The van der Waals surface area contributed by atoms with E-state index in [2.05, 4.69) is 39.8 Å². The predicted octanol–water partition coefficient (Wildman–Crippen LogP) is 3.37. The Morgan fingerprint density at radius 3 is 2.38 bits per heavy atom. The molecule has 0 radical (unpaired) electrons. The van der Waals surface area contributed by atoms with Crippen LogP contribution in [0.1, 0.15) is 43.6 Å². The third-order valence-corrected chi connectivity index (χ3v) is 3.08. The first-order valence-electron chi connectivity index (χ1n) is 5.74. The average molecular weight is 220 g/mol. The Hall–Kier alpha value is -1.02. The number of benzene rings is 1. The van der Waals surface area contributed by atoms with E-state index in [0.717, 1.165) is 12.4 Å². The topological polar surface area (TPSA) is 21.8 Å². The van der Waals surface area contributed by atoms with Crippen LogP contribution in [0.2, 0.25) is 0 Å². The van der Waals surface area contributed by atoms with Crippen molar-refractivity contribution in [3.05, 3.63) is 28.8 Å². The number of epoxide rings is 1. The first-order valence-corrected chi connectivity index (χ1v) is 5.74. The minimum Gasteiger partial charge on any atom is -0.496 e. The Kier molecular flexibility index (Phi) is 2.70. The fourth-order valence-corrected chi connectivity index (χ4v) is 2.03. The smallest absolute Gasteiger partial charge is 0.122 e. The number of aryl methyl sites for hydroxylation is 1. The fraction of sp³-hybridized carbons (Fsp3) is 0.571. The quantitative estimate of drug-likeness (QED) is 0.713. The third-order valence-electron chi connectivity index (χ3n) is 3.08. The maximum absolute atomic E-state index is 5.47. The molecule has 1 saturated heterocycles. The van der Waals surface area contributed by atoms with Crippen LogP contribution in [-0.4, -0.2) is 13.7 Å². The monoisotopic (exact) mass is 220 g/mol. The normalized spacial score (nSPS) is 19.7. The van der Waals surface area contributed by atoms with Gasteiger partial charge in [-0.25, -0.2) is 0 Å². The average Bonchev–Trinajstić information content (AvgIpc) is 2.98. The molecule has 0 amide bonds. The van der Waals surface area contributed by atoms with E-state index in [1.807, 2.05) is 0 Å². The molecule has 0 spiro atoms. The summed E-state index contributed by atoms with van der Waals surface area (Å²) in [6, 6.07) is 4.36. The van der Waals surface area contributed by atoms with Crippen molar-refractivity contribution in [3.63, 3.8) is 0 Å². The number of methoxy groups -OCH3 is 1. The maximum Gasteiger partial charge on any atom is 0.122 e. The van der Waals surface area contributed by atoms with Crippen LogP contribution in [0.25, 0.3) is 0 Å². The molecule has 1 aromatic rings. The lowest BCUT2D eigenvalue weighted by Crippen LogP contribution is -2.13. The van der Waals surface area contributed by atoms with Crippen LogP contribution in [0.3, 0.4) is 0 Å². The number of ether oxygens (including phenoxy) is 2. The second-order valence-electron chi connectivity index (χ2n) is 5.48. The molecule has 0 aliphatic carbocycles. The molecule has 0 aromatic heterocycles. The highest BCUT2D eigenvalue weighted by Crippen LogP contribution is 2.39. The van der Waals surface area contributed by atoms with E-state index in [-0.39, 0.29) is 5.41 Å². The SMILES string of the molecule is COc1cc(C)c(C2CO2)cc1C(C)(C)C. The van der Waals surface area contributed by atoms with Gasteiger partial charge >= 0.3 is 0 Å². The molecule has 1 aromatic carbocycles. The van der Waals surface area contributed by atoms with Gasteiger partial charge < -0.3 is 9.47 Å². The molecule has 1 unspecified atom stereocenters. The van der Waals surface area contributed by atoms with Gasteiger partial charge in [-0.2, -0.15) is 0 Å². The Labute approximate surface area is 97.6 Å². The van der Waals surface area contributed by atoms with Gasteiger partial charge in [-0.1, -0.05) is 20.8 Å². The molecule has 0 saturated carbocycles. The zero-order valence-corrected chi connectivity index (χ0v) is 10.8. The molecule has 1 heterocycles. The van der Waals surface area contributed by atoms with Crippen LogP contribution < -0.4 is 4.74 Å². The molecular formula is C14H20O2. The molecule has 2 rings (SSSR count). The molecule has 0 bridgehead atoms. The lowest BCUT2D eigenvalue weighted by molar-refractivity contribution is 0.394. The van der Waals surface area contributed by atoms with Crippen LogP contribution >= 0.6 is 0 Å². The molecule has 1 aliphatic heterocycles. The van der Waals surface area contributed by atoms with Crippen molar-refractivity contribution in [1.29, 1.82) is 0 Å². The number of rotatable bonds is 2. The van der Waals surface area contributed by atoms with E-state index in [0.29, 0.717) is 6.10 Å². The van der Waals surface area contributed by atoms with Crippen molar-refractivity contribution in [2.45, 2.75) is 39.2 Å². The highest BCUT2D eigenvalue weighted by molar-refractivity contribution is 5.47. The van der Waals surface area contributed by atoms with Crippen molar-refractivity contribution < 1.29 is 9.47 Å². The standard InChI is InChI=1S/C14H20O2/c1-9-6-12(15-5)11(14(2,3)4)7-10(9)13-8-16-13/h6-7,13H,8H2,1-5H3. The molecule has 1 atom stereocenters.